The van der Waals surface area contributed by atoms with Crippen molar-refractivity contribution in [1.82, 2.24) is 0 Å². The predicted molar refractivity (Wildman–Crippen MR) is 60.3 cm³/mol. The fourth-order valence-corrected chi connectivity index (χ4v) is 4.12. The molecule has 1 radical (unpaired) electrons. The average molecular weight is 187 g/mol. The minimum Gasteiger partial charge on any atom is -0.0705 e. The Morgan fingerprint density at radius 1 is 1.15 bits per heavy atom. The third-order valence-electron chi connectivity index (χ3n) is 2.72. The summed E-state index contributed by atoms with van der Waals surface area (Å²) in [6.45, 7) is 7.06. The molecule has 1 heteroatoms. The van der Waals surface area contributed by atoms with E-state index in [4.69, 9.17) is 0 Å². The van der Waals surface area contributed by atoms with Gasteiger partial charge in [0.15, 0.2) is 0 Å². The summed E-state index contributed by atoms with van der Waals surface area (Å²) < 4.78 is 0. The number of allylic oxidation sites excluding steroid dienone is 1. The standard InChI is InChI=1S/C12H15Si/c1-9-8-10-6-4-5-7-11(10)12(9)13(2)3/h4-8,12H,1-3H3. The summed E-state index contributed by atoms with van der Waals surface area (Å²) in [6, 6.07) is 8.79. The van der Waals surface area contributed by atoms with Crippen LogP contribution in [0.4, 0.5) is 0 Å². The monoisotopic (exact) mass is 187 g/mol. The molecule has 2 rings (SSSR count). The van der Waals surface area contributed by atoms with E-state index in [1.165, 1.54) is 5.56 Å². The van der Waals surface area contributed by atoms with E-state index in [9.17, 15) is 0 Å². The van der Waals surface area contributed by atoms with Gasteiger partial charge in [-0.15, -0.1) is 0 Å². The highest BCUT2D eigenvalue weighted by Gasteiger charge is 2.25. The van der Waals surface area contributed by atoms with Gasteiger partial charge < -0.3 is 0 Å². The van der Waals surface area contributed by atoms with E-state index in [0.717, 1.165) is 5.54 Å². The Hall–Kier alpha value is -0.823. The maximum Gasteiger partial charge on any atom is 0.0551 e. The molecule has 0 amide bonds. The Bertz CT molecular complexity index is 350. The van der Waals surface area contributed by atoms with Gasteiger partial charge in [-0.3, -0.25) is 0 Å². The van der Waals surface area contributed by atoms with Crippen molar-refractivity contribution in [3.63, 3.8) is 0 Å². The fraction of sp³-hybridized carbons (Fsp3) is 0.333. The van der Waals surface area contributed by atoms with E-state index in [1.807, 2.05) is 0 Å². The van der Waals surface area contributed by atoms with Crippen LogP contribution in [0.2, 0.25) is 13.1 Å². The molecular formula is C12H15Si. The van der Waals surface area contributed by atoms with Crippen LogP contribution in [0.5, 0.6) is 0 Å². The molecule has 0 bridgehead atoms. The average Bonchev–Trinajstić information content (AvgIpc) is 2.39. The highest BCUT2D eigenvalue weighted by molar-refractivity contribution is 6.58. The molecule has 67 valence electrons. The van der Waals surface area contributed by atoms with Gasteiger partial charge in [0.05, 0.1) is 8.80 Å². The minimum atomic E-state index is -0.241. The van der Waals surface area contributed by atoms with Gasteiger partial charge in [0.25, 0.3) is 0 Å². The zero-order valence-electron chi connectivity index (χ0n) is 8.46. The first-order chi connectivity index (χ1) is 6.20. The molecule has 1 atom stereocenters. The van der Waals surface area contributed by atoms with Crippen LogP contribution in [0.25, 0.3) is 6.08 Å². The Labute approximate surface area is 81.9 Å². The number of benzene rings is 1. The summed E-state index contributed by atoms with van der Waals surface area (Å²) in [7, 11) is -0.241. The molecule has 1 aromatic carbocycles. The van der Waals surface area contributed by atoms with Gasteiger partial charge in [-0.25, -0.2) is 0 Å². The van der Waals surface area contributed by atoms with Gasteiger partial charge in [-0.2, -0.15) is 0 Å². The quantitative estimate of drug-likeness (QED) is 0.590. The zero-order valence-corrected chi connectivity index (χ0v) is 9.46. The van der Waals surface area contributed by atoms with E-state index in [-0.39, 0.29) is 8.80 Å². The van der Waals surface area contributed by atoms with Crippen molar-refractivity contribution >= 4 is 14.9 Å². The summed E-state index contributed by atoms with van der Waals surface area (Å²) in [5.41, 5.74) is 5.30. The molecule has 0 fully saturated rings. The largest absolute Gasteiger partial charge is 0.0705 e. The van der Waals surface area contributed by atoms with Crippen molar-refractivity contribution in [2.75, 3.05) is 0 Å². The first-order valence-electron chi connectivity index (χ1n) is 4.77. The van der Waals surface area contributed by atoms with Crippen LogP contribution in [0, 0.1) is 0 Å². The predicted octanol–water partition coefficient (Wildman–Crippen LogP) is 3.48. The first kappa shape index (κ1) is 8.76. The second kappa shape index (κ2) is 3.15. The molecule has 1 unspecified atom stereocenters. The van der Waals surface area contributed by atoms with Crippen LogP contribution < -0.4 is 0 Å². The van der Waals surface area contributed by atoms with Crippen molar-refractivity contribution in [3.8, 4) is 0 Å². The van der Waals surface area contributed by atoms with Crippen molar-refractivity contribution in [1.29, 1.82) is 0 Å². The Balaban J connectivity index is 2.49. The molecule has 1 aliphatic carbocycles. The molecule has 0 spiro atoms. The minimum absolute atomic E-state index is 0.241. The molecule has 0 aromatic heterocycles. The van der Waals surface area contributed by atoms with Gasteiger partial charge in [0.1, 0.15) is 0 Å². The smallest absolute Gasteiger partial charge is 0.0551 e. The number of hydrogen-bond donors (Lipinski definition) is 0. The molecular weight excluding hydrogens is 172 g/mol. The van der Waals surface area contributed by atoms with Crippen LogP contribution in [0.15, 0.2) is 29.8 Å². The lowest BCUT2D eigenvalue weighted by Gasteiger charge is -2.16. The summed E-state index contributed by atoms with van der Waals surface area (Å²) in [4.78, 5) is 0. The zero-order chi connectivity index (χ0) is 9.42. The van der Waals surface area contributed by atoms with Gasteiger partial charge in [-0.05, 0) is 23.6 Å². The van der Waals surface area contributed by atoms with Crippen LogP contribution in [-0.4, -0.2) is 8.80 Å². The Morgan fingerprint density at radius 3 is 2.54 bits per heavy atom. The van der Waals surface area contributed by atoms with Crippen molar-refractivity contribution < 1.29 is 0 Å². The van der Waals surface area contributed by atoms with Crippen molar-refractivity contribution in [2.24, 2.45) is 0 Å². The molecule has 1 aromatic rings. The Morgan fingerprint density at radius 2 is 1.85 bits per heavy atom. The number of hydrogen-bond acceptors (Lipinski definition) is 0. The summed E-state index contributed by atoms with van der Waals surface area (Å²) >= 11 is 0. The fourth-order valence-electron chi connectivity index (χ4n) is 2.25. The van der Waals surface area contributed by atoms with E-state index >= 15 is 0 Å². The normalized spacial score (nSPS) is 20.3. The van der Waals surface area contributed by atoms with Crippen molar-refractivity contribution in [3.05, 3.63) is 41.0 Å². The molecule has 0 nitrogen and oxygen atoms in total. The van der Waals surface area contributed by atoms with E-state index in [2.05, 4.69) is 50.4 Å². The molecule has 0 N–H and O–H groups in total. The molecule has 0 heterocycles. The molecule has 0 saturated carbocycles. The van der Waals surface area contributed by atoms with Crippen LogP contribution in [0.3, 0.4) is 0 Å². The third kappa shape index (κ3) is 1.37. The second-order valence-corrected chi connectivity index (χ2v) is 6.76. The molecule has 0 aliphatic heterocycles. The molecule has 1 aliphatic rings. The second-order valence-electron chi connectivity index (χ2n) is 4.03. The van der Waals surface area contributed by atoms with Gasteiger partial charge >= 0.3 is 0 Å². The molecule has 0 saturated heterocycles. The van der Waals surface area contributed by atoms with Crippen molar-refractivity contribution in [2.45, 2.75) is 25.6 Å². The highest BCUT2D eigenvalue weighted by atomic mass is 28.3. The third-order valence-corrected chi connectivity index (χ3v) is 4.64. The summed E-state index contributed by atoms with van der Waals surface area (Å²) in [5.74, 6) is 0. The number of fused-ring (bicyclic) bond motifs is 1. The summed E-state index contributed by atoms with van der Waals surface area (Å²) in [6.07, 6.45) is 2.34. The molecule has 13 heavy (non-hydrogen) atoms. The lowest BCUT2D eigenvalue weighted by atomic mass is 10.1. The van der Waals surface area contributed by atoms with Gasteiger partial charge in [-0.1, -0.05) is 49.0 Å². The van der Waals surface area contributed by atoms with Crippen LogP contribution >= 0.6 is 0 Å². The van der Waals surface area contributed by atoms with Crippen LogP contribution in [0.1, 0.15) is 23.6 Å². The highest BCUT2D eigenvalue weighted by Crippen LogP contribution is 2.37. The van der Waals surface area contributed by atoms with E-state index < -0.39 is 0 Å². The van der Waals surface area contributed by atoms with Gasteiger partial charge in [0.2, 0.25) is 0 Å². The number of rotatable bonds is 1. The van der Waals surface area contributed by atoms with Crippen LogP contribution in [-0.2, 0) is 0 Å². The van der Waals surface area contributed by atoms with Gasteiger partial charge in [0, 0.05) is 0 Å². The Kier molecular flexibility index (Phi) is 2.12. The maximum atomic E-state index is 2.40. The SMILES string of the molecule is CC1=Cc2ccccc2C1[Si](C)C. The topological polar surface area (TPSA) is 0 Å². The first-order valence-corrected chi connectivity index (χ1v) is 7.35. The lowest BCUT2D eigenvalue weighted by molar-refractivity contribution is 1.10. The van der Waals surface area contributed by atoms with E-state index in [1.54, 1.807) is 11.1 Å². The maximum absolute atomic E-state index is 2.40. The van der Waals surface area contributed by atoms with E-state index in [0.29, 0.717) is 0 Å². The summed E-state index contributed by atoms with van der Waals surface area (Å²) in [5, 5.41) is 0. The lowest BCUT2D eigenvalue weighted by Crippen LogP contribution is -2.14.